The Bertz CT molecular complexity index is 600. The lowest BCUT2D eigenvalue weighted by Gasteiger charge is -2.08. The largest absolute Gasteiger partial charge is 0.416 e. The molecule has 0 radical (unpaired) electrons. The topological polar surface area (TPSA) is 25.8 Å². The zero-order valence-corrected chi connectivity index (χ0v) is 10.9. The lowest BCUT2D eigenvalue weighted by Crippen LogP contribution is -2.05. The van der Waals surface area contributed by atoms with Crippen molar-refractivity contribution in [2.24, 2.45) is 0 Å². The van der Waals surface area contributed by atoms with E-state index in [2.05, 4.69) is 10.2 Å². The monoisotopic (exact) mass is 306 g/mol. The molecule has 1 heterocycles. The molecule has 2 aromatic rings. The first-order valence-electron chi connectivity index (χ1n) is 5.20. The van der Waals surface area contributed by atoms with Crippen LogP contribution in [-0.4, -0.2) is 10.2 Å². The van der Waals surface area contributed by atoms with Gasteiger partial charge in [-0.15, -0.1) is 5.10 Å². The maximum Gasteiger partial charge on any atom is 0.416 e. The summed E-state index contributed by atoms with van der Waals surface area (Å²) in [6, 6.07) is 6.51. The highest BCUT2D eigenvalue weighted by Gasteiger charge is 2.30. The van der Waals surface area contributed by atoms with Crippen LogP contribution >= 0.6 is 23.2 Å². The number of rotatable bonds is 2. The molecule has 0 bridgehead atoms. The van der Waals surface area contributed by atoms with Gasteiger partial charge >= 0.3 is 6.18 Å². The molecule has 0 fully saturated rings. The number of hydrogen-bond acceptors (Lipinski definition) is 2. The summed E-state index contributed by atoms with van der Waals surface area (Å²) in [7, 11) is 0. The zero-order valence-electron chi connectivity index (χ0n) is 9.38. The van der Waals surface area contributed by atoms with Crippen molar-refractivity contribution in [3.63, 3.8) is 0 Å². The summed E-state index contributed by atoms with van der Waals surface area (Å²) in [6.45, 7) is 0. The smallest absolute Gasteiger partial charge is 0.166 e. The summed E-state index contributed by atoms with van der Waals surface area (Å²) in [5.41, 5.74) is 0.231. The Labute approximate surface area is 117 Å². The minimum Gasteiger partial charge on any atom is -0.166 e. The highest BCUT2D eigenvalue weighted by Crippen LogP contribution is 2.30. The van der Waals surface area contributed by atoms with Crippen LogP contribution < -0.4 is 0 Å². The molecule has 0 atom stereocenters. The molecule has 0 unspecified atom stereocenters. The number of nitrogens with zero attached hydrogens (tertiary/aromatic N) is 2. The van der Waals surface area contributed by atoms with Crippen molar-refractivity contribution in [3.05, 3.63) is 57.3 Å². The number of aromatic nitrogens is 2. The third kappa shape index (κ3) is 3.58. The maximum atomic E-state index is 12.6. The summed E-state index contributed by atoms with van der Waals surface area (Å²) in [4.78, 5) is 0. The molecule has 2 rings (SSSR count). The molecule has 100 valence electrons. The fourth-order valence-electron chi connectivity index (χ4n) is 1.54. The number of hydrogen-bond donors (Lipinski definition) is 0. The van der Waals surface area contributed by atoms with Crippen LogP contribution in [0.5, 0.6) is 0 Å². The quantitative estimate of drug-likeness (QED) is 0.822. The van der Waals surface area contributed by atoms with Gasteiger partial charge in [-0.05, 0) is 17.7 Å². The SMILES string of the molecule is FC(F)(F)c1cccc(Cc2cc(Cl)c(Cl)nn2)c1. The third-order valence-electron chi connectivity index (χ3n) is 2.40. The highest BCUT2D eigenvalue weighted by atomic mass is 35.5. The van der Waals surface area contributed by atoms with Crippen molar-refractivity contribution in [2.45, 2.75) is 12.6 Å². The van der Waals surface area contributed by atoms with Gasteiger partial charge in [0.2, 0.25) is 0 Å². The number of halogens is 5. The molecule has 0 aliphatic carbocycles. The summed E-state index contributed by atoms with van der Waals surface area (Å²) in [5, 5.41) is 7.67. The van der Waals surface area contributed by atoms with Crippen LogP contribution in [0.4, 0.5) is 13.2 Å². The Kier molecular flexibility index (Phi) is 3.96. The zero-order chi connectivity index (χ0) is 14.0. The van der Waals surface area contributed by atoms with Gasteiger partial charge in [-0.25, -0.2) is 0 Å². The van der Waals surface area contributed by atoms with E-state index in [0.29, 0.717) is 11.3 Å². The molecule has 7 heteroatoms. The van der Waals surface area contributed by atoms with Crippen LogP contribution in [0.15, 0.2) is 30.3 Å². The van der Waals surface area contributed by atoms with Gasteiger partial charge in [0.05, 0.1) is 16.3 Å². The Morgan fingerprint density at radius 2 is 1.79 bits per heavy atom. The van der Waals surface area contributed by atoms with Crippen molar-refractivity contribution < 1.29 is 13.2 Å². The molecular weight excluding hydrogens is 300 g/mol. The van der Waals surface area contributed by atoms with Crippen molar-refractivity contribution >= 4 is 23.2 Å². The van der Waals surface area contributed by atoms with Crippen LogP contribution in [-0.2, 0) is 12.6 Å². The first kappa shape index (κ1) is 14.1. The fraction of sp³-hybridized carbons (Fsp3) is 0.167. The van der Waals surface area contributed by atoms with Gasteiger partial charge in [0.25, 0.3) is 0 Å². The molecule has 1 aromatic heterocycles. The van der Waals surface area contributed by atoms with Crippen LogP contribution in [0, 0.1) is 0 Å². The van der Waals surface area contributed by atoms with E-state index in [9.17, 15) is 13.2 Å². The Hall–Kier alpha value is -1.33. The summed E-state index contributed by atoms with van der Waals surface area (Å²) in [5.74, 6) is 0. The van der Waals surface area contributed by atoms with Gasteiger partial charge in [-0.2, -0.15) is 18.3 Å². The third-order valence-corrected chi connectivity index (χ3v) is 3.06. The lowest BCUT2D eigenvalue weighted by atomic mass is 10.1. The van der Waals surface area contributed by atoms with E-state index in [1.165, 1.54) is 12.1 Å². The summed E-state index contributed by atoms with van der Waals surface area (Å²) < 4.78 is 37.7. The molecule has 0 amide bonds. The standard InChI is InChI=1S/C12H7Cl2F3N2/c13-10-6-9(18-19-11(10)14)5-7-2-1-3-8(4-7)12(15,16)17/h1-4,6H,5H2. The minimum absolute atomic E-state index is 0.0643. The van der Waals surface area contributed by atoms with E-state index in [1.807, 2.05) is 0 Å². The highest BCUT2D eigenvalue weighted by molar-refractivity contribution is 6.41. The first-order chi connectivity index (χ1) is 8.86. The summed E-state index contributed by atoms with van der Waals surface area (Å²) >= 11 is 11.4. The average Bonchev–Trinajstić information content (AvgIpc) is 2.33. The van der Waals surface area contributed by atoms with E-state index in [1.54, 1.807) is 6.07 Å². The van der Waals surface area contributed by atoms with Gasteiger partial charge in [0.15, 0.2) is 5.15 Å². The molecule has 2 nitrogen and oxygen atoms in total. The molecule has 19 heavy (non-hydrogen) atoms. The second kappa shape index (κ2) is 5.35. The van der Waals surface area contributed by atoms with Gasteiger partial charge in [-0.3, -0.25) is 0 Å². The van der Waals surface area contributed by atoms with Crippen LogP contribution in [0.1, 0.15) is 16.8 Å². The lowest BCUT2D eigenvalue weighted by molar-refractivity contribution is -0.137. The maximum absolute atomic E-state index is 12.6. The van der Waals surface area contributed by atoms with Crippen LogP contribution in [0.2, 0.25) is 10.2 Å². The Balaban J connectivity index is 2.26. The second-order valence-corrected chi connectivity index (χ2v) is 4.61. The first-order valence-corrected chi connectivity index (χ1v) is 5.95. The molecule has 0 saturated heterocycles. The van der Waals surface area contributed by atoms with Crippen LogP contribution in [0.3, 0.4) is 0 Å². The predicted molar refractivity (Wildman–Crippen MR) is 66.3 cm³/mol. The van der Waals surface area contributed by atoms with Gasteiger partial charge < -0.3 is 0 Å². The van der Waals surface area contributed by atoms with Gasteiger partial charge in [0, 0.05) is 6.42 Å². The minimum atomic E-state index is -4.36. The van der Waals surface area contributed by atoms with Crippen LogP contribution in [0.25, 0.3) is 0 Å². The molecule has 1 aromatic carbocycles. The predicted octanol–water partition coefficient (Wildman–Crippen LogP) is 4.39. The van der Waals surface area contributed by atoms with Crippen molar-refractivity contribution in [3.8, 4) is 0 Å². The number of alkyl halides is 3. The number of benzene rings is 1. The Morgan fingerprint density at radius 3 is 2.42 bits per heavy atom. The van der Waals surface area contributed by atoms with Gasteiger partial charge in [0.1, 0.15) is 0 Å². The molecule has 0 N–H and O–H groups in total. The van der Waals surface area contributed by atoms with Crippen molar-refractivity contribution in [1.29, 1.82) is 0 Å². The molecule has 0 aliphatic rings. The van der Waals surface area contributed by atoms with E-state index >= 15 is 0 Å². The van der Waals surface area contributed by atoms with E-state index < -0.39 is 11.7 Å². The van der Waals surface area contributed by atoms with Crippen molar-refractivity contribution in [1.82, 2.24) is 10.2 Å². The molecular formula is C12H7Cl2F3N2. The van der Waals surface area contributed by atoms with E-state index in [4.69, 9.17) is 23.2 Å². The second-order valence-electron chi connectivity index (χ2n) is 3.85. The molecule has 0 spiro atoms. The van der Waals surface area contributed by atoms with E-state index in [0.717, 1.165) is 12.1 Å². The fourth-order valence-corrected chi connectivity index (χ4v) is 1.80. The Morgan fingerprint density at radius 1 is 1.05 bits per heavy atom. The van der Waals surface area contributed by atoms with Gasteiger partial charge in [-0.1, -0.05) is 41.4 Å². The molecule has 0 saturated carbocycles. The van der Waals surface area contributed by atoms with E-state index in [-0.39, 0.29) is 16.6 Å². The normalized spacial score (nSPS) is 11.6. The summed E-state index contributed by atoms with van der Waals surface area (Å²) in [6.07, 6.45) is -4.16. The molecule has 0 aliphatic heterocycles. The van der Waals surface area contributed by atoms with Crippen molar-refractivity contribution in [2.75, 3.05) is 0 Å². The average molecular weight is 307 g/mol.